The molecule has 2 N–H and O–H groups in total. The molecule has 3 aromatic rings. The number of hydrogen-bond acceptors (Lipinski definition) is 4. The van der Waals surface area contributed by atoms with Crippen LogP contribution in [0.3, 0.4) is 0 Å². The van der Waals surface area contributed by atoms with Crippen LogP contribution < -0.4 is 20.1 Å². The zero-order chi connectivity index (χ0) is 23.1. The molecule has 2 amide bonds. The van der Waals surface area contributed by atoms with Gasteiger partial charge in [-0.3, -0.25) is 9.59 Å². The molecule has 0 aromatic heterocycles. The molecule has 0 bridgehead atoms. The first-order valence-electron chi connectivity index (χ1n) is 10.5. The van der Waals surface area contributed by atoms with Crippen molar-refractivity contribution in [3.8, 4) is 11.5 Å². The first kappa shape index (κ1) is 22.9. The monoisotopic (exact) mass is 432 g/mol. The largest absolute Gasteiger partial charge is 0.481 e. The maximum Gasteiger partial charge on any atom is 0.265 e. The second-order valence-electron chi connectivity index (χ2n) is 7.71. The lowest BCUT2D eigenvalue weighted by Gasteiger charge is -2.16. The number of carbonyl (C=O) groups excluding carboxylic acids is 2. The van der Waals surface area contributed by atoms with Crippen molar-refractivity contribution in [3.63, 3.8) is 0 Å². The molecule has 0 heterocycles. The van der Waals surface area contributed by atoms with Crippen LogP contribution in [0.5, 0.6) is 11.5 Å². The van der Waals surface area contributed by atoms with Gasteiger partial charge in [0.25, 0.3) is 11.8 Å². The average molecular weight is 433 g/mol. The minimum atomic E-state index is -0.657. The molecule has 166 valence electrons. The van der Waals surface area contributed by atoms with Gasteiger partial charge < -0.3 is 20.1 Å². The van der Waals surface area contributed by atoms with E-state index in [0.29, 0.717) is 22.9 Å². The van der Waals surface area contributed by atoms with E-state index in [1.54, 1.807) is 38.1 Å². The Morgan fingerprint density at radius 1 is 0.656 bits per heavy atom. The van der Waals surface area contributed by atoms with Gasteiger partial charge in [0, 0.05) is 11.4 Å². The molecule has 6 nitrogen and oxygen atoms in total. The second kappa shape index (κ2) is 10.5. The molecular formula is C26H28N2O4. The third kappa shape index (κ3) is 6.60. The van der Waals surface area contributed by atoms with Gasteiger partial charge in [0.05, 0.1) is 0 Å². The van der Waals surface area contributed by atoms with Crippen molar-refractivity contribution in [1.29, 1.82) is 0 Å². The molecular weight excluding hydrogens is 404 g/mol. The van der Waals surface area contributed by atoms with Gasteiger partial charge in [-0.15, -0.1) is 0 Å². The summed E-state index contributed by atoms with van der Waals surface area (Å²) in [5.74, 6) is 0.771. The minimum absolute atomic E-state index is 0.261. The smallest absolute Gasteiger partial charge is 0.265 e. The molecule has 0 radical (unpaired) electrons. The Hall–Kier alpha value is -3.80. The molecule has 0 fully saturated rings. The van der Waals surface area contributed by atoms with Crippen molar-refractivity contribution < 1.29 is 19.1 Å². The zero-order valence-corrected chi connectivity index (χ0v) is 18.7. The number of amides is 2. The van der Waals surface area contributed by atoms with Gasteiger partial charge >= 0.3 is 0 Å². The van der Waals surface area contributed by atoms with Crippen LogP contribution in [0, 0.1) is 13.8 Å². The summed E-state index contributed by atoms with van der Waals surface area (Å²) in [6.07, 6.45) is -1.31. The van der Waals surface area contributed by atoms with Gasteiger partial charge in [0.15, 0.2) is 12.2 Å². The summed E-state index contributed by atoms with van der Waals surface area (Å²) in [7, 11) is 0. The third-order valence-corrected chi connectivity index (χ3v) is 4.76. The molecule has 2 unspecified atom stereocenters. The molecule has 2 atom stereocenters. The Balaban J connectivity index is 1.51. The fourth-order valence-corrected chi connectivity index (χ4v) is 3.02. The molecule has 0 aliphatic rings. The van der Waals surface area contributed by atoms with E-state index in [-0.39, 0.29) is 11.8 Å². The van der Waals surface area contributed by atoms with Crippen LogP contribution in [-0.4, -0.2) is 24.0 Å². The minimum Gasteiger partial charge on any atom is -0.481 e. The molecule has 0 spiro atoms. The predicted octanol–water partition coefficient (Wildman–Crippen LogP) is 5.12. The lowest BCUT2D eigenvalue weighted by Crippen LogP contribution is -2.30. The fourth-order valence-electron chi connectivity index (χ4n) is 3.02. The molecule has 0 aliphatic heterocycles. The van der Waals surface area contributed by atoms with E-state index in [4.69, 9.17) is 9.47 Å². The second-order valence-corrected chi connectivity index (χ2v) is 7.71. The van der Waals surface area contributed by atoms with Crippen LogP contribution in [-0.2, 0) is 9.59 Å². The van der Waals surface area contributed by atoms with E-state index in [1.807, 2.05) is 62.4 Å². The van der Waals surface area contributed by atoms with E-state index in [1.165, 1.54) is 0 Å². The normalized spacial score (nSPS) is 12.4. The van der Waals surface area contributed by atoms with Crippen LogP contribution in [0.4, 0.5) is 11.4 Å². The van der Waals surface area contributed by atoms with E-state index in [2.05, 4.69) is 10.6 Å². The predicted molar refractivity (Wildman–Crippen MR) is 126 cm³/mol. The number of hydrogen-bond donors (Lipinski definition) is 2. The van der Waals surface area contributed by atoms with Crippen LogP contribution in [0.1, 0.15) is 25.0 Å². The molecule has 3 aromatic carbocycles. The van der Waals surface area contributed by atoms with E-state index in [9.17, 15) is 9.59 Å². The summed E-state index contributed by atoms with van der Waals surface area (Å²) in [5, 5.41) is 5.63. The molecule has 0 aliphatic carbocycles. The summed E-state index contributed by atoms with van der Waals surface area (Å²) in [6, 6.07) is 22.0. The van der Waals surface area contributed by atoms with Crippen molar-refractivity contribution in [3.05, 3.63) is 83.9 Å². The molecule has 0 saturated carbocycles. The van der Waals surface area contributed by atoms with E-state index in [0.717, 1.165) is 11.1 Å². The number of ether oxygens (including phenoxy) is 2. The van der Waals surface area contributed by atoms with Gasteiger partial charge in [0.1, 0.15) is 11.5 Å². The van der Waals surface area contributed by atoms with Crippen molar-refractivity contribution >= 4 is 23.2 Å². The first-order chi connectivity index (χ1) is 15.3. The standard InChI is InChI=1S/C26H28N2O4/c1-17-7-5-9-23(15-17)31-19(3)25(29)27-21-11-13-22(14-12-21)28-26(30)20(4)32-24-10-6-8-18(2)16-24/h5-16,19-20H,1-4H3,(H,27,29)(H,28,30). The lowest BCUT2D eigenvalue weighted by atomic mass is 10.2. The highest BCUT2D eigenvalue weighted by Crippen LogP contribution is 2.18. The molecule has 0 saturated heterocycles. The Labute approximate surface area is 188 Å². The number of anilines is 2. The van der Waals surface area contributed by atoms with Gasteiger partial charge in [-0.1, -0.05) is 24.3 Å². The van der Waals surface area contributed by atoms with Crippen LogP contribution >= 0.6 is 0 Å². The summed E-state index contributed by atoms with van der Waals surface area (Å²) < 4.78 is 11.4. The highest BCUT2D eigenvalue weighted by atomic mass is 16.5. The molecule has 32 heavy (non-hydrogen) atoms. The zero-order valence-electron chi connectivity index (χ0n) is 18.7. The fraction of sp³-hybridized carbons (Fsp3) is 0.231. The average Bonchev–Trinajstić information content (AvgIpc) is 2.75. The number of nitrogens with one attached hydrogen (secondary N) is 2. The van der Waals surface area contributed by atoms with Gasteiger partial charge in [-0.05, 0) is 87.4 Å². The quantitative estimate of drug-likeness (QED) is 0.518. The highest BCUT2D eigenvalue weighted by Gasteiger charge is 2.17. The van der Waals surface area contributed by atoms with Crippen molar-refractivity contribution in [2.75, 3.05) is 10.6 Å². The van der Waals surface area contributed by atoms with Crippen molar-refractivity contribution in [2.45, 2.75) is 39.9 Å². The Kier molecular flexibility index (Phi) is 7.49. The van der Waals surface area contributed by atoms with Crippen LogP contribution in [0.25, 0.3) is 0 Å². The summed E-state index contributed by atoms with van der Waals surface area (Å²) >= 11 is 0. The third-order valence-electron chi connectivity index (χ3n) is 4.76. The van der Waals surface area contributed by atoms with Crippen LogP contribution in [0.2, 0.25) is 0 Å². The van der Waals surface area contributed by atoms with Crippen LogP contribution in [0.15, 0.2) is 72.8 Å². The highest BCUT2D eigenvalue weighted by molar-refractivity contribution is 5.96. The van der Waals surface area contributed by atoms with Crippen molar-refractivity contribution in [2.24, 2.45) is 0 Å². The Morgan fingerprint density at radius 2 is 1.03 bits per heavy atom. The summed E-state index contributed by atoms with van der Waals surface area (Å²) in [5.41, 5.74) is 3.34. The van der Waals surface area contributed by atoms with Gasteiger partial charge in [-0.25, -0.2) is 0 Å². The maximum atomic E-state index is 12.4. The maximum absolute atomic E-state index is 12.4. The number of benzene rings is 3. The first-order valence-corrected chi connectivity index (χ1v) is 10.5. The number of rotatable bonds is 8. The van der Waals surface area contributed by atoms with Crippen molar-refractivity contribution in [1.82, 2.24) is 0 Å². The van der Waals surface area contributed by atoms with E-state index >= 15 is 0 Å². The number of aryl methyl sites for hydroxylation is 2. The Bertz CT molecular complexity index is 993. The lowest BCUT2D eigenvalue weighted by molar-refractivity contribution is -0.122. The topological polar surface area (TPSA) is 76.7 Å². The Morgan fingerprint density at radius 3 is 1.38 bits per heavy atom. The molecule has 6 heteroatoms. The molecule has 3 rings (SSSR count). The summed E-state index contributed by atoms with van der Waals surface area (Å²) in [6.45, 7) is 7.32. The SMILES string of the molecule is Cc1cccc(OC(C)C(=O)Nc2ccc(NC(=O)C(C)Oc3cccc(C)c3)cc2)c1. The van der Waals surface area contributed by atoms with Gasteiger partial charge in [0.2, 0.25) is 0 Å². The number of carbonyl (C=O) groups is 2. The summed E-state index contributed by atoms with van der Waals surface area (Å²) in [4.78, 5) is 24.9. The van der Waals surface area contributed by atoms with E-state index < -0.39 is 12.2 Å². The van der Waals surface area contributed by atoms with Gasteiger partial charge in [-0.2, -0.15) is 0 Å².